The van der Waals surface area contributed by atoms with E-state index >= 15 is 0 Å². The van der Waals surface area contributed by atoms with Crippen LogP contribution in [0.5, 0.6) is 0 Å². The summed E-state index contributed by atoms with van der Waals surface area (Å²) in [4.78, 5) is 2.51. The van der Waals surface area contributed by atoms with Crippen LogP contribution in [0.3, 0.4) is 0 Å². The molecule has 0 aromatic heterocycles. The molecule has 1 aromatic carbocycles. The Balaban J connectivity index is 0.00000144. The Bertz CT molecular complexity index is 315. The zero-order valence-corrected chi connectivity index (χ0v) is 11.3. The SMILES string of the molecule is CC(CN1CCC[C@@H](N)C1)c1ccccc1.Cl. The molecule has 0 amide bonds. The largest absolute Gasteiger partial charge is 0.327 e. The van der Waals surface area contributed by atoms with Crippen molar-refractivity contribution in [2.75, 3.05) is 19.6 Å². The predicted molar refractivity (Wildman–Crippen MR) is 75.8 cm³/mol. The molecule has 2 rings (SSSR count). The topological polar surface area (TPSA) is 29.3 Å². The van der Waals surface area contributed by atoms with E-state index in [1.807, 2.05) is 0 Å². The third-order valence-corrected chi connectivity index (χ3v) is 3.44. The van der Waals surface area contributed by atoms with Gasteiger partial charge in [-0.3, -0.25) is 0 Å². The van der Waals surface area contributed by atoms with Crippen LogP contribution in [0, 0.1) is 0 Å². The normalized spacial score (nSPS) is 22.8. The third-order valence-electron chi connectivity index (χ3n) is 3.44. The fourth-order valence-corrected chi connectivity index (χ4v) is 2.53. The van der Waals surface area contributed by atoms with Crippen LogP contribution < -0.4 is 5.73 Å². The lowest BCUT2D eigenvalue weighted by molar-refractivity contribution is 0.200. The molecule has 2 atom stereocenters. The molecule has 1 heterocycles. The average molecular weight is 255 g/mol. The predicted octanol–water partition coefficient (Wildman–Crippen LogP) is 2.64. The first-order valence-electron chi connectivity index (χ1n) is 6.28. The Morgan fingerprint density at radius 3 is 2.71 bits per heavy atom. The summed E-state index contributed by atoms with van der Waals surface area (Å²) in [5.74, 6) is 0.603. The number of nitrogens with zero attached hydrogens (tertiary/aromatic N) is 1. The van der Waals surface area contributed by atoms with Crippen molar-refractivity contribution >= 4 is 12.4 Å². The van der Waals surface area contributed by atoms with Gasteiger partial charge >= 0.3 is 0 Å². The molecule has 96 valence electrons. The number of nitrogens with two attached hydrogens (primary N) is 1. The number of halogens is 1. The summed E-state index contributed by atoms with van der Waals surface area (Å²) in [5, 5.41) is 0. The molecule has 0 spiro atoms. The molecule has 2 nitrogen and oxygen atoms in total. The van der Waals surface area contributed by atoms with E-state index in [2.05, 4.69) is 42.2 Å². The van der Waals surface area contributed by atoms with Gasteiger partial charge in [-0.15, -0.1) is 12.4 Å². The van der Waals surface area contributed by atoms with E-state index in [-0.39, 0.29) is 12.4 Å². The summed E-state index contributed by atoms with van der Waals surface area (Å²) in [6.07, 6.45) is 2.44. The van der Waals surface area contributed by atoms with Crippen molar-refractivity contribution in [1.29, 1.82) is 0 Å². The van der Waals surface area contributed by atoms with Gasteiger partial charge in [0.15, 0.2) is 0 Å². The van der Waals surface area contributed by atoms with Crippen molar-refractivity contribution in [3.8, 4) is 0 Å². The molecule has 1 aliphatic rings. The van der Waals surface area contributed by atoms with Gasteiger partial charge in [-0.25, -0.2) is 0 Å². The summed E-state index contributed by atoms with van der Waals surface area (Å²) < 4.78 is 0. The standard InChI is InChI=1S/C14H22N2.ClH/c1-12(13-6-3-2-4-7-13)10-16-9-5-8-14(15)11-16;/h2-4,6-7,12,14H,5,8-11,15H2,1H3;1H/t12?,14-;/m1./s1. The maximum atomic E-state index is 6.00. The molecule has 1 saturated heterocycles. The third kappa shape index (κ3) is 4.30. The number of rotatable bonds is 3. The van der Waals surface area contributed by atoms with Crippen molar-refractivity contribution in [2.45, 2.75) is 31.7 Å². The van der Waals surface area contributed by atoms with Crippen molar-refractivity contribution in [3.63, 3.8) is 0 Å². The van der Waals surface area contributed by atoms with E-state index in [4.69, 9.17) is 5.73 Å². The smallest absolute Gasteiger partial charge is 0.0168 e. The number of hydrogen-bond acceptors (Lipinski definition) is 2. The number of likely N-dealkylation sites (tertiary alicyclic amines) is 1. The molecule has 3 heteroatoms. The van der Waals surface area contributed by atoms with E-state index in [0.29, 0.717) is 12.0 Å². The molecule has 1 aromatic rings. The fraction of sp³-hybridized carbons (Fsp3) is 0.571. The lowest BCUT2D eigenvalue weighted by Gasteiger charge is -2.32. The Morgan fingerprint density at radius 2 is 2.06 bits per heavy atom. The van der Waals surface area contributed by atoms with Crippen molar-refractivity contribution in [3.05, 3.63) is 35.9 Å². The molecular formula is C14H23ClN2. The zero-order valence-electron chi connectivity index (χ0n) is 10.5. The maximum Gasteiger partial charge on any atom is 0.0168 e. The second-order valence-corrected chi connectivity index (χ2v) is 4.97. The van der Waals surface area contributed by atoms with Gasteiger partial charge < -0.3 is 10.6 Å². The molecular weight excluding hydrogens is 232 g/mol. The number of piperidine rings is 1. The van der Waals surface area contributed by atoms with Gasteiger partial charge in [0, 0.05) is 19.1 Å². The highest BCUT2D eigenvalue weighted by molar-refractivity contribution is 5.85. The van der Waals surface area contributed by atoms with Crippen LogP contribution in [0.4, 0.5) is 0 Å². The lowest BCUT2D eigenvalue weighted by atomic mass is 9.99. The minimum Gasteiger partial charge on any atom is -0.327 e. The van der Waals surface area contributed by atoms with Crippen molar-refractivity contribution in [1.82, 2.24) is 4.90 Å². The van der Waals surface area contributed by atoms with Gasteiger partial charge in [0.2, 0.25) is 0 Å². The van der Waals surface area contributed by atoms with Gasteiger partial charge in [-0.1, -0.05) is 37.3 Å². The van der Waals surface area contributed by atoms with Crippen LogP contribution in [-0.4, -0.2) is 30.6 Å². The van der Waals surface area contributed by atoms with Crippen molar-refractivity contribution < 1.29 is 0 Å². The van der Waals surface area contributed by atoms with Crippen LogP contribution in [-0.2, 0) is 0 Å². The minimum absolute atomic E-state index is 0. The van der Waals surface area contributed by atoms with Gasteiger partial charge in [0.05, 0.1) is 0 Å². The van der Waals surface area contributed by atoms with Gasteiger partial charge in [-0.2, -0.15) is 0 Å². The highest BCUT2D eigenvalue weighted by atomic mass is 35.5. The second kappa shape index (κ2) is 7.00. The first-order valence-corrected chi connectivity index (χ1v) is 6.28. The van der Waals surface area contributed by atoms with Crippen LogP contribution >= 0.6 is 12.4 Å². The maximum absolute atomic E-state index is 6.00. The molecule has 17 heavy (non-hydrogen) atoms. The van der Waals surface area contributed by atoms with Gasteiger partial charge in [-0.05, 0) is 30.9 Å². The fourth-order valence-electron chi connectivity index (χ4n) is 2.53. The molecule has 1 aliphatic heterocycles. The van der Waals surface area contributed by atoms with E-state index in [1.54, 1.807) is 0 Å². The van der Waals surface area contributed by atoms with E-state index in [9.17, 15) is 0 Å². The Hall–Kier alpha value is -0.570. The summed E-state index contributed by atoms with van der Waals surface area (Å²) >= 11 is 0. The van der Waals surface area contributed by atoms with Crippen molar-refractivity contribution in [2.24, 2.45) is 5.73 Å². The first kappa shape index (κ1) is 14.5. The monoisotopic (exact) mass is 254 g/mol. The van der Waals surface area contributed by atoms with E-state index in [1.165, 1.54) is 24.9 Å². The lowest BCUT2D eigenvalue weighted by Crippen LogP contribution is -2.44. The molecule has 0 bridgehead atoms. The molecule has 0 radical (unpaired) electrons. The summed E-state index contributed by atoms with van der Waals surface area (Å²) in [6.45, 7) is 5.72. The quantitative estimate of drug-likeness (QED) is 0.899. The van der Waals surface area contributed by atoms with Crippen LogP contribution in [0.2, 0.25) is 0 Å². The Kier molecular flexibility index (Phi) is 5.96. The van der Waals surface area contributed by atoms with Gasteiger partial charge in [0.1, 0.15) is 0 Å². The molecule has 1 fully saturated rings. The highest BCUT2D eigenvalue weighted by Crippen LogP contribution is 2.18. The summed E-state index contributed by atoms with van der Waals surface area (Å²) in [5.41, 5.74) is 7.43. The first-order chi connectivity index (χ1) is 7.75. The van der Waals surface area contributed by atoms with Gasteiger partial charge in [0.25, 0.3) is 0 Å². The van der Waals surface area contributed by atoms with Crippen LogP contribution in [0.1, 0.15) is 31.2 Å². The highest BCUT2D eigenvalue weighted by Gasteiger charge is 2.18. The Morgan fingerprint density at radius 1 is 1.35 bits per heavy atom. The van der Waals surface area contributed by atoms with Crippen LogP contribution in [0.25, 0.3) is 0 Å². The van der Waals surface area contributed by atoms with E-state index in [0.717, 1.165) is 13.1 Å². The molecule has 0 aliphatic carbocycles. The number of hydrogen-bond donors (Lipinski definition) is 1. The number of benzene rings is 1. The molecule has 0 saturated carbocycles. The molecule has 2 N–H and O–H groups in total. The second-order valence-electron chi connectivity index (χ2n) is 4.97. The zero-order chi connectivity index (χ0) is 11.4. The summed E-state index contributed by atoms with van der Waals surface area (Å²) in [7, 11) is 0. The van der Waals surface area contributed by atoms with Crippen LogP contribution in [0.15, 0.2) is 30.3 Å². The summed E-state index contributed by atoms with van der Waals surface area (Å²) in [6, 6.07) is 11.1. The minimum atomic E-state index is 0. The average Bonchev–Trinajstić information content (AvgIpc) is 2.30. The Labute approximate surface area is 111 Å². The molecule has 1 unspecified atom stereocenters. The van der Waals surface area contributed by atoms with E-state index < -0.39 is 0 Å².